The minimum atomic E-state index is -0.473. The minimum Gasteiger partial charge on any atom is -0.373 e. The number of hydrogen-bond acceptors (Lipinski definition) is 3. The van der Waals surface area contributed by atoms with E-state index in [1.54, 1.807) is 24.3 Å². The number of ether oxygens (including phenoxy) is 1. The maximum atomic E-state index is 14.0. The number of piperidine rings is 1. The van der Waals surface area contributed by atoms with Gasteiger partial charge < -0.3 is 9.64 Å². The van der Waals surface area contributed by atoms with Gasteiger partial charge in [-0.05, 0) is 49.6 Å². The average molecular weight is 345 g/mol. The van der Waals surface area contributed by atoms with Crippen molar-refractivity contribution >= 4 is 11.5 Å². The van der Waals surface area contributed by atoms with Gasteiger partial charge in [-0.2, -0.15) is 0 Å². The second kappa shape index (κ2) is 7.74. The summed E-state index contributed by atoms with van der Waals surface area (Å²) in [4.78, 5) is 13.8. The fourth-order valence-corrected chi connectivity index (χ4v) is 3.18. The lowest BCUT2D eigenvalue weighted by Gasteiger charge is -2.34. The molecule has 1 heterocycles. The molecule has 0 amide bonds. The Bertz CT molecular complexity index is 738. The maximum Gasteiger partial charge on any atom is 0.164 e. The molecule has 3 nitrogen and oxygen atoms in total. The van der Waals surface area contributed by atoms with Crippen molar-refractivity contribution in [3.63, 3.8) is 0 Å². The van der Waals surface area contributed by atoms with E-state index in [4.69, 9.17) is 4.74 Å². The molecule has 1 aliphatic rings. The number of halogens is 2. The summed E-state index contributed by atoms with van der Waals surface area (Å²) < 4.78 is 32.8. The Morgan fingerprint density at radius 1 is 1.12 bits per heavy atom. The van der Waals surface area contributed by atoms with Crippen molar-refractivity contribution in [2.45, 2.75) is 32.5 Å². The van der Waals surface area contributed by atoms with Gasteiger partial charge in [0.15, 0.2) is 5.78 Å². The van der Waals surface area contributed by atoms with E-state index in [1.165, 1.54) is 25.1 Å². The van der Waals surface area contributed by atoms with E-state index in [2.05, 4.69) is 0 Å². The second-order valence-electron chi connectivity index (χ2n) is 6.31. The highest BCUT2D eigenvalue weighted by molar-refractivity contribution is 6.00. The molecule has 0 radical (unpaired) electrons. The molecule has 0 unspecified atom stereocenters. The molecule has 132 valence electrons. The monoisotopic (exact) mass is 345 g/mol. The maximum absolute atomic E-state index is 14.0. The van der Waals surface area contributed by atoms with Crippen molar-refractivity contribution in [3.8, 4) is 0 Å². The van der Waals surface area contributed by atoms with Crippen LogP contribution in [-0.4, -0.2) is 25.0 Å². The first-order valence-electron chi connectivity index (χ1n) is 8.45. The van der Waals surface area contributed by atoms with Crippen LogP contribution >= 0.6 is 0 Å². The first-order chi connectivity index (χ1) is 12.0. The minimum absolute atomic E-state index is 0.107. The third-order valence-electron chi connectivity index (χ3n) is 4.53. The Hall–Kier alpha value is -2.27. The molecule has 2 aromatic carbocycles. The summed E-state index contributed by atoms with van der Waals surface area (Å²) in [6, 6.07) is 11.0. The van der Waals surface area contributed by atoms with Crippen molar-refractivity contribution in [2.75, 3.05) is 18.0 Å². The van der Waals surface area contributed by atoms with Crippen LogP contribution in [0.15, 0.2) is 42.5 Å². The zero-order valence-corrected chi connectivity index (χ0v) is 14.2. The lowest BCUT2D eigenvalue weighted by Crippen LogP contribution is -2.37. The van der Waals surface area contributed by atoms with Gasteiger partial charge in [0, 0.05) is 13.1 Å². The SMILES string of the molecule is CC(=O)c1c(F)cccc1N1CCC(OCc2ccc(F)cc2)CC1. The van der Waals surface area contributed by atoms with Gasteiger partial charge in [0.1, 0.15) is 11.6 Å². The van der Waals surface area contributed by atoms with Gasteiger partial charge in [0.05, 0.1) is 24.0 Å². The summed E-state index contributed by atoms with van der Waals surface area (Å²) >= 11 is 0. The third-order valence-corrected chi connectivity index (χ3v) is 4.53. The van der Waals surface area contributed by atoms with Gasteiger partial charge in [0.25, 0.3) is 0 Å². The molecule has 0 N–H and O–H groups in total. The Morgan fingerprint density at radius 2 is 1.80 bits per heavy atom. The normalized spacial score (nSPS) is 15.4. The number of hydrogen-bond donors (Lipinski definition) is 0. The molecule has 0 aliphatic carbocycles. The smallest absolute Gasteiger partial charge is 0.164 e. The molecule has 5 heteroatoms. The molecular formula is C20H21F2NO2. The summed E-state index contributed by atoms with van der Waals surface area (Å²) in [7, 11) is 0. The van der Waals surface area contributed by atoms with Crippen LogP contribution in [0.25, 0.3) is 0 Å². The van der Waals surface area contributed by atoms with Crippen LogP contribution in [-0.2, 0) is 11.3 Å². The van der Waals surface area contributed by atoms with Crippen LogP contribution in [0, 0.1) is 11.6 Å². The van der Waals surface area contributed by atoms with Gasteiger partial charge >= 0.3 is 0 Å². The zero-order valence-electron chi connectivity index (χ0n) is 14.2. The fraction of sp³-hybridized carbons (Fsp3) is 0.350. The second-order valence-corrected chi connectivity index (χ2v) is 6.31. The summed E-state index contributed by atoms with van der Waals surface area (Å²) in [5.74, 6) is -0.990. The molecule has 0 bridgehead atoms. The van der Waals surface area contributed by atoms with Gasteiger partial charge in [-0.3, -0.25) is 4.79 Å². The Morgan fingerprint density at radius 3 is 2.44 bits per heavy atom. The van der Waals surface area contributed by atoms with Gasteiger partial charge in [-0.25, -0.2) is 8.78 Å². The number of rotatable bonds is 5. The molecular weight excluding hydrogens is 324 g/mol. The molecule has 0 spiro atoms. The highest BCUT2D eigenvalue weighted by atomic mass is 19.1. The molecule has 0 atom stereocenters. The van der Waals surface area contributed by atoms with Gasteiger partial charge in [-0.15, -0.1) is 0 Å². The van der Waals surface area contributed by atoms with E-state index in [1.807, 2.05) is 4.90 Å². The first kappa shape index (κ1) is 17.5. The average Bonchev–Trinajstić information content (AvgIpc) is 2.61. The topological polar surface area (TPSA) is 29.5 Å². The molecule has 0 aromatic heterocycles. The van der Waals surface area contributed by atoms with E-state index in [-0.39, 0.29) is 23.3 Å². The number of carbonyl (C=O) groups is 1. The van der Waals surface area contributed by atoms with Gasteiger partial charge in [0.2, 0.25) is 0 Å². The lowest BCUT2D eigenvalue weighted by molar-refractivity contribution is 0.0251. The fourth-order valence-electron chi connectivity index (χ4n) is 3.18. The molecule has 1 aliphatic heterocycles. The van der Waals surface area contributed by atoms with Crippen molar-refractivity contribution in [2.24, 2.45) is 0 Å². The van der Waals surface area contributed by atoms with E-state index in [9.17, 15) is 13.6 Å². The number of nitrogens with zero attached hydrogens (tertiary/aromatic N) is 1. The number of benzene rings is 2. The molecule has 25 heavy (non-hydrogen) atoms. The Kier molecular flexibility index (Phi) is 5.43. The predicted molar refractivity (Wildman–Crippen MR) is 92.8 cm³/mol. The number of anilines is 1. The summed E-state index contributed by atoms with van der Waals surface area (Å²) in [5.41, 5.74) is 1.76. The first-order valence-corrected chi connectivity index (χ1v) is 8.45. The third kappa shape index (κ3) is 4.23. The number of carbonyl (C=O) groups excluding carboxylic acids is 1. The summed E-state index contributed by atoms with van der Waals surface area (Å²) in [6.07, 6.45) is 1.71. The van der Waals surface area contributed by atoms with E-state index >= 15 is 0 Å². The highest BCUT2D eigenvalue weighted by Crippen LogP contribution is 2.27. The van der Waals surface area contributed by atoms with E-state index in [0.29, 0.717) is 25.4 Å². The summed E-state index contributed by atoms with van der Waals surface area (Å²) in [6.45, 7) is 3.25. The Labute approximate surface area is 146 Å². The molecule has 3 rings (SSSR count). The van der Waals surface area contributed by atoms with Crippen LogP contribution in [0.1, 0.15) is 35.7 Å². The quantitative estimate of drug-likeness (QED) is 0.755. The molecule has 1 fully saturated rings. The molecule has 1 saturated heterocycles. The number of ketones is 1. The highest BCUT2D eigenvalue weighted by Gasteiger charge is 2.24. The van der Waals surface area contributed by atoms with E-state index < -0.39 is 5.82 Å². The van der Waals surface area contributed by atoms with Crippen LogP contribution in [0.4, 0.5) is 14.5 Å². The van der Waals surface area contributed by atoms with E-state index in [0.717, 1.165) is 18.4 Å². The van der Waals surface area contributed by atoms with Crippen LogP contribution in [0.5, 0.6) is 0 Å². The standard InChI is InChI=1S/C20H21F2NO2/c1-14(24)20-18(22)3-2-4-19(20)23-11-9-17(10-12-23)25-13-15-5-7-16(21)8-6-15/h2-8,17H,9-13H2,1H3. The predicted octanol–water partition coefficient (Wildman–Crippen LogP) is 4.35. The van der Waals surface area contributed by atoms with Crippen LogP contribution in [0.2, 0.25) is 0 Å². The van der Waals surface area contributed by atoms with Crippen molar-refractivity contribution in [1.82, 2.24) is 0 Å². The number of Topliss-reactive ketones (excluding diaryl/α,β-unsaturated/α-hetero) is 1. The molecule has 0 saturated carbocycles. The Balaban J connectivity index is 1.58. The van der Waals surface area contributed by atoms with Gasteiger partial charge in [-0.1, -0.05) is 18.2 Å². The van der Waals surface area contributed by atoms with Crippen LogP contribution < -0.4 is 4.90 Å². The zero-order chi connectivity index (χ0) is 17.8. The van der Waals surface area contributed by atoms with Crippen LogP contribution in [0.3, 0.4) is 0 Å². The van der Waals surface area contributed by atoms with Crippen molar-refractivity contribution in [1.29, 1.82) is 0 Å². The lowest BCUT2D eigenvalue weighted by atomic mass is 10.0. The molecule has 2 aromatic rings. The summed E-state index contributed by atoms with van der Waals surface area (Å²) in [5, 5.41) is 0. The largest absolute Gasteiger partial charge is 0.373 e. The van der Waals surface area contributed by atoms with Crippen molar-refractivity contribution < 1.29 is 18.3 Å². The van der Waals surface area contributed by atoms with Crippen molar-refractivity contribution in [3.05, 3.63) is 65.2 Å².